The van der Waals surface area contributed by atoms with Gasteiger partial charge in [-0.05, 0) is 57.1 Å². The maximum atomic E-state index is 16.3. The highest BCUT2D eigenvalue weighted by atomic mass is 32.2. The molecule has 5 aromatic rings. The third kappa shape index (κ3) is 5.71. The Kier molecular flexibility index (Phi) is 7.28. The van der Waals surface area contributed by atoms with Gasteiger partial charge < -0.3 is 4.74 Å². The van der Waals surface area contributed by atoms with Gasteiger partial charge in [0.05, 0.1) is 24.6 Å². The van der Waals surface area contributed by atoms with E-state index in [1.165, 1.54) is 19.4 Å². The highest BCUT2D eigenvalue weighted by molar-refractivity contribution is 7.92. The van der Waals surface area contributed by atoms with E-state index in [1.54, 1.807) is 30.3 Å². The molecule has 0 bridgehead atoms. The van der Waals surface area contributed by atoms with Gasteiger partial charge in [-0.1, -0.05) is 63.2 Å². The monoisotopic (exact) mass is 587 g/mol. The van der Waals surface area contributed by atoms with Crippen LogP contribution in [0, 0.1) is 5.82 Å². The van der Waals surface area contributed by atoms with Crippen molar-refractivity contribution in [2.45, 2.75) is 26.2 Å². The number of nitrogens with zero attached hydrogens (tertiary/aromatic N) is 1. The summed E-state index contributed by atoms with van der Waals surface area (Å²) in [5.41, 5.74) is 1.97. The van der Waals surface area contributed by atoms with Crippen LogP contribution in [0.2, 0.25) is 0 Å². The first-order valence-corrected chi connectivity index (χ1v) is 15.0. The number of aromatic amines is 1. The summed E-state index contributed by atoms with van der Waals surface area (Å²) in [6.45, 7) is 5.90. The number of benzene rings is 4. The molecule has 8 nitrogen and oxygen atoms in total. The van der Waals surface area contributed by atoms with Crippen molar-refractivity contribution in [1.82, 2.24) is 9.55 Å². The Balaban J connectivity index is 1.61. The zero-order valence-electron chi connectivity index (χ0n) is 23.8. The van der Waals surface area contributed by atoms with Gasteiger partial charge in [-0.3, -0.25) is 19.1 Å². The first kappa shape index (κ1) is 28.8. The lowest BCUT2D eigenvalue weighted by molar-refractivity contribution is 0.396. The van der Waals surface area contributed by atoms with Gasteiger partial charge in [0.25, 0.3) is 5.56 Å². The molecular formula is C32H30FN3O5S. The summed E-state index contributed by atoms with van der Waals surface area (Å²) in [6.07, 6.45) is 2.36. The molecule has 10 heteroatoms. The van der Waals surface area contributed by atoms with Gasteiger partial charge in [0.1, 0.15) is 5.75 Å². The van der Waals surface area contributed by atoms with Crippen LogP contribution in [0.1, 0.15) is 26.3 Å². The van der Waals surface area contributed by atoms with Gasteiger partial charge in [0.2, 0.25) is 10.0 Å². The Morgan fingerprint density at radius 3 is 2.10 bits per heavy atom. The number of halogens is 1. The predicted octanol–water partition coefficient (Wildman–Crippen LogP) is 5.83. The highest BCUT2D eigenvalue weighted by Crippen LogP contribution is 2.43. The number of sulfonamides is 1. The first-order valence-electron chi connectivity index (χ1n) is 13.1. The normalized spacial score (nSPS) is 12.0. The molecule has 0 radical (unpaired) electrons. The zero-order valence-corrected chi connectivity index (χ0v) is 24.6. The first-order chi connectivity index (χ1) is 19.7. The molecule has 0 saturated carbocycles. The van der Waals surface area contributed by atoms with Crippen LogP contribution in [-0.4, -0.2) is 31.3 Å². The number of nitrogens with one attached hydrogen (secondary N) is 2. The van der Waals surface area contributed by atoms with E-state index < -0.39 is 32.5 Å². The van der Waals surface area contributed by atoms with Crippen molar-refractivity contribution in [3.8, 4) is 33.7 Å². The molecule has 1 aromatic heterocycles. The largest absolute Gasteiger partial charge is 0.496 e. The molecule has 4 aromatic carbocycles. The summed E-state index contributed by atoms with van der Waals surface area (Å²) in [6, 6.07) is 21.3. The maximum absolute atomic E-state index is 16.3. The van der Waals surface area contributed by atoms with E-state index in [4.69, 9.17) is 4.74 Å². The van der Waals surface area contributed by atoms with E-state index in [0.29, 0.717) is 22.6 Å². The summed E-state index contributed by atoms with van der Waals surface area (Å²) in [5.74, 6) is -0.302. The second-order valence-electron chi connectivity index (χ2n) is 11.1. The third-order valence-corrected chi connectivity index (χ3v) is 7.55. The number of fused-ring (bicyclic) bond motifs is 1. The molecule has 1 heterocycles. The number of hydrogen-bond donors (Lipinski definition) is 2. The van der Waals surface area contributed by atoms with Gasteiger partial charge >= 0.3 is 5.69 Å². The molecule has 216 valence electrons. The molecular weight excluding hydrogens is 557 g/mol. The van der Waals surface area contributed by atoms with Gasteiger partial charge in [-0.15, -0.1) is 0 Å². The van der Waals surface area contributed by atoms with E-state index in [0.717, 1.165) is 32.7 Å². The zero-order chi connectivity index (χ0) is 30.4. The van der Waals surface area contributed by atoms with Crippen molar-refractivity contribution in [3.63, 3.8) is 0 Å². The van der Waals surface area contributed by atoms with Crippen molar-refractivity contribution < 1.29 is 17.5 Å². The summed E-state index contributed by atoms with van der Waals surface area (Å²) in [4.78, 5) is 26.4. The van der Waals surface area contributed by atoms with Crippen molar-refractivity contribution in [2.75, 3.05) is 18.1 Å². The molecule has 0 spiro atoms. The van der Waals surface area contributed by atoms with E-state index >= 15 is 4.39 Å². The third-order valence-electron chi connectivity index (χ3n) is 6.94. The Morgan fingerprint density at radius 1 is 0.857 bits per heavy atom. The number of methoxy groups -OCH3 is 1. The van der Waals surface area contributed by atoms with Crippen LogP contribution in [0.4, 0.5) is 10.1 Å². The van der Waals surface area contributed by atoms with Crippen LogP contribution in [-0.2, 0) is 15.4 Å². The minimum absolute atomic E-state index is 0.000290. The lowest BCUT2D eigenvalue weighted by Gasteiger charge is -2.26. The minimum atomic E-state index is -3.38. The Labute approximate surface area is 242 Å². The number of rotatable bonds is 6. The van der Waals surface area contributed by atoms with Crippen molar-refractivity contribution in [2.24, 2.45) is 0 Å². The van der Waals surface area contributed by atoms with Crippen LogP contribution in [0.3, 0.4) is 0 Å². The molecule has 0 saturated heterocycles. The van der Waals surface area contributed by atoms with Crippen LogP contribution in [0.25, 0.3) is 38.7 Å². The number of aromatic nitrogens is 2. The second-order valence-corrected chi connectivity index (χ2v) is 12.9. The van der Waals surface area contributed by atoms with Gasteiger partial charge in [0.15, 0.2) is 5.82 Å². The lowest BCUT2D eigenvalue weighted by atomic mass is 9.83. The second kappa shape index (κ2) is 10.6. The minimum Gasteiger partial charge on any atom is -0.496 e. The quantitative estimate of drug-likeness (QED) is 0.260. The summed E-state index contributed by atoms with van der Waals surface area (Å²) >= 11 is 0. The number of anilines is 1. The summed E-state index contributed by atoms with van der Waals surface area (Å²) in [5, 5.41) is 1.80. The van der Waals surface area contributed by atoms with Crippen LogP contribution < -0.4 is 20.7 Å². The smallest absolute Gasteiger partial charge is 0.333 e. The van der Waals surface area contributed by atoms with E-state index in [2.05, 4.69) is 9.71 Å². The van der Waals surface area contributed by atoms with Crippen LogP contribution >= 0.6 is 0 Å². The number of H-pyrrole nitrogens is 1. The molecule has 2 N–H and O–H groups in total. The topological polar surface area (TPSA) is 110 Å². The Morgan fingerprint density at radius 2 is 1.48 bits per heavy atom. The summed E-state index contributed by atoms with van der Waals surface area (Å²) in [7, 11) is -1.90. The van der Waals surface area contributed by atoms with E-state index in [9.17, 15) is 18.0 Å². The molecule has 0 atom stereocenters. The van der Waals surface area contributed by atoms with Crippen molar-refractivity contribution >= 4 is 26.5 Å². The molecule has 42 heavy (non-hydrogen) atoms. The highest BCUT2D eigenvalue weighted by Gasteiger charge is 2.28. The average molecular weight is 588 g/mol. The summed E-state index contributed by atoms with van der Waals surface area (Å²) < 4.78 is 48.8. The average Bonchev–Trinajstić information content (AvgIpc) is 2.91. The fourth-order valence-corrected chi connectivity index (χ4v) is 5.52. The van der Waals surface area contributed by atoms with E-state index in [1.807, 2.05) is 57.2 Å². The standard InChI is InChI=1S/C32H30FN3O5S/c1-32(2,3)25-18-26(36-15-14-27(37)34-31(36)38)29(33)28(30(25)41-4)20-8-6-19(7-9-20)21-10-11-23-17-24(35-42(5,39)40)13-12-22(23)16-21/h6-18,35H,1-5H3,(H,34,37,38). The van der Waals surface area contributed by atoms with Crippen LogP contribution in [0.5, 0.6) is 5.75 Å². The van der Waals surface area contributed by atoms with Crippen molar-refractivity contribution in [1.29, 1.82) is 0 Å². The molecule has 0 aliphatic heterocycles. The molecule has 0 unspecified atom stereocenters. The van der Waals surface area contributed by atoms with Gasteiger partial charge in [-0.25, -0.2) is 17.6 Å². The number of hydrogen-bond acceptors (Lipinski definition) is 5. The maximum Gasteiger partial charge on any atom is 0.333 e. The Bertz CT molecular complexity index is 2060. The Hall–Kier alpha value is -4.70. The van der Waals surface area contributed by atoms with E-state index in [-0.39, 0.29) is 11.3 Å². The molecule has 0 aliphatic carbocycles. The number of ether oxygens (including phenoxy) is 1. The van der Waals surface area contributed by atoms with Gasteiger partial charge in [0, 0.05) is 23.5 Å². The molecule has 0 aliphatic rings. The lowest BCUT2D eigenvalue weighted by Crippen LogP contribution is -2.28. The molecule has 0 amide bonds. The predicted molar refractivity (Wildman–Crippen MR) is 165 cm³/mol. The van der Waals surface area contributed by atoms with Crippen LogP contribution in [0.15, 0.2) is 88.6 Å². The van der Waals surface area contributed by atoms with Crippen molar-refractivity contribution in [3.05, 3.63) is 111 Å². The fourth-order valence-electron chi connectivity index (χ4n) is 4.97. The van der Waals surface area contributed by atoms with Gasteiger partial charge in [-0.2, -0.15) is 0 Å². The molecule has 0 fully saturated rings. The SMILES string of the molecule is COc1c(C(C)(C)C)cc(-n2ccc(=O)[nH]c2=O)c(F)c1-c1ccc(-c2ccc3cc(NS(C)(=O)=O)ccc3c2)cc1. The fraction of sp³-hybridized carbons (Fsp3) is 0.188. The molecule has 5 rings (SSSR count).